The number of benzene rings is 2. The molecular weight excluding hydrogens is 519 g/mol. The van der Waals surface area contributed by atoms with Gasteiger partial charge in [-0.05, 0) is 41.8 Å². The van der Waals surface area contributed by atoms with E-state index >= 15 is 0 Å². The van der Waals surface area contributed by atoms with Gasteiger partial charge in [0.15, 0.2) is 35.5 Å². The molecule has 0 unspecified atom stereocenters. The fourth-order valence-corrected chi connectivity index (χ4v) is 5.90. The summed E-state index contributed by atoms with van der Waals surface area (Å²) in [6, 6.07) is 19.9. The predicted octanol–water partition coefficient (Wildman–Crippen LogP) is 8.32. The minimum absolute atomic E-state index is 0.00557. The van der Waals surface area contributed by atoms with E-state index in [9.17, 15) is 5.21 Å². The van der Waals surface area contributed by atoms with Gasteiger partial charge < -0.3 is 18.8 Å². The van der Waals surface area contributed by atoms with E-state index in [1.165, 1.54) is 0 Å². The minimum atomic E-state index is -2.24. The highest BCUT2D eigenvalue weighted by Gasteiger charge is 2.44. The third-order valence-electron chi connectivity index (χ3n) is 7.94. The van der Waals surface area contributed by atoms with Gasteiger partial charge in [0, 0.05) is 5.56 Å². The Balaban J connectivity index is 2.38. The lowest BCUT2D eigenvalue weighted by atomic mass is 10.2. The van der Waals surface area contributed by atoms with Crippen molar-refractivity contribution in [2.45, 2.75) is 103 Å². The molecule has 0 bridgehead atoms. The lowest BCUT2D eigenvalue weighted by Crippen LogP contribution is -2.52. The molecule has 0 heterocycles. The molecule has 0 amide bonds. The summed E-state index contributed by atoms with van der Waals surface area (Å²) < 4.78 is 20.8. The summed E-state index contributed by atoms with van der Waals surface area (Å²) in [5, 5.41) is 13.3. The summed E-state index contributed by atoms with van der Waals surface area (Å²) in [6.45, 7) is 23.5. The first kappa shape index (κ1) is 33.2. The second kappa shape index (κ2) is 14.0. The highest BCUT2D eigenvalue weighted by Crippen LogP contribution is 2.40. The Labute approximate surface area is 239 Å². The number of ether oxygens (including phenoxy) is 1. The van der Waals surface area contributed by atoms with Gasteiger partial charge in [0.25, 0.3) is 0 Å². The number of hydrogen-bond acceptors (Lipinski definition) is 4. The van der Waals surface area contributed by atoms with Gasteiger partial charge in [0.1, 0.15) is 0 Å². The van der Waals surface area contributed by atoms with Crippen molar-refractivity contribution in [1.29, 1.82) is 0 Å². The van der Waals surface area contributed by atoms with Gasteiger partial charge in [-0.25, -0.2) is 4.74 Å². The lowest BCUT2D eigenvalue weighted by Gasteiger charge is -2.43. The van der Waals surface area contributed by atoms with Crippen molar-refractivity contribution < 1.29 is 18.3 Å². The number of hydrogen-bond donors (Lipinski definition) is 0. The van der Waals surface area contributed by atoms with Crippen LogP contribution in [0.2, 0.25) is 36.3 Å². The third kappa shape index (κ3) is 10.8. The van der Waals surface area contributed by atoms with Gasteiger partial charge in [0.05, 0.1) is 19.3 Å². The molecule has 39 heavy (non-hydrogen) atoms. The predicted molar refractivity (Wildman–Crippen MR) is 169 cm³/mol. The van der Waals surface area contributed by atoms with Crippen molar-refractivity contribution in [3.8, 4) is 0 Å². The van der Waals surface area contributed by atoms with E-state index in [1.807, 2.05) is 60.7 Å². The Morgan fingerprint density at radius 1 is 0.744 bits per heavy atom. The second-order valence-corrected chi connectivity index (χ2v) is 22.8. The maximum atomic E-state index is 13.3. The van der Waals surface area contributed by atoms with Gasteiger partial charge >= 0.3 is 0 Å². The Hall–Kier alpha value is -2.04. The fourth-order valence-electron chi connectivity index (χ4n) is 3.42. The van der Waals surface area contributed by atoms with E-state index in [1.54, 1.807) is 6.21 Å². The molecule has 2 aromatic rings. The van der Waals surface area contributed by atoms with Gasteiger partial charge in [-0.3, -0.25) is 0 Å². The zero-order chi connectivity index (χ0) is 29.3. The van der Waals surface area contributed by atoms with Gasteiger partial charge in [-0.15, -0.1) is 0 Å². The van der Waals surface area contributed by atoms with Gasteiger partial charge in [0.2, 0.25) is 0 Å². The SMILES string of the molecule is CC(C)(C)[Si](C)(C)O[C@@H](/C=[N+](\[O-])Cc1ccccc1)[C@H](/C=C/COCc1ccccc1)O[Si](C)(C)C(C)(C)C. The highest BCUT2D eigenvalue weighted by atomic mass is 28.4. The van der Waals surface area contributed by atoms with Crippen LogP contribution in [0, 0.1) is 5.21 Å². The van der Waals surface area contributed by atoms with Gasteiger partial charge in [-0.1, -0.05) is 114 Å². The normalized spacial score (nSPS) is 15.5. The Bertz CT molecular complexity index is 1060. The first-order valence-corrected chi connectivity index (χ1v) is 19.8. The van der Waals surface area contributed by atoms with Crippen molar-refractivity contribution in [3.05, 3.63) is 89.1 Å². The third-order valence-corrected chi connectivity index (χ3v) is 16.9. The smallest absolute Gasteiger partial charge is 0.193 e. The molecule has 216 valence electrons. The Morgan fingerprint density at radius 2 is 1.21 bits per heavy atom. The molecule has 0 radical (unpaired) electrons. The fraction of sp³-hybridized carbons (Fsp3) is 0.531. The maximum Gasteiger partial charge on any atom is 0.193 e. The first-order valence-electron chi connectivity index (χ1n) is 14.0. The van der Waals surface area contributed by atoms with E-state index < -0.39 is 28.8 Å². The zero-order valence-corrected chi connectivity index (χ0v) is 27.9. The molecule has 0 aromatic heterocycles. The lowest BCUT2D eigenvalue weighted by molar-refractivity contribution is -0.472. The molecule has 2 atom stereocenters. The van der Waals surface area contributed by atoms with Crippen LogP contribution in [0.15, 0.2) is 72.8 Å². The second-order valence-electron chi connectivity index (χ2n) is 13.3. The first-order chi connectivity index (χ1) is 18.0. The highest BCUT2D eigenvalue weighted by molar-refractivity contribution is 6.74. The summed E-state index contributed by atoms with van der Waals surface area (Å²) in [4.78, 5) is 0. The van der Waals surface area contributed by atoms with E-state index in [0.29, 0.717) is 13.2 Å². The Kier molecular flexibility index (Phi) is 11.9. The molecule has 0 fully saturated rings. The molecule has 0 N–H and O–H groups in total. The van der Waals surface area contributed by atoms with E-state index in [-0.39, 0.29) is 16.6 Å². The van der Waals surface area contributed by atoms with Gasteiger partial charge in [-0.2, -0.15) is 0 Å². The molecular formula is C32H51NO4Si2. The Morgan fingerprint density at radius 3 is 1.69 bits per heavy atom. The topological polar surface area (TPSA) is 53.8 Å². The quantitative estimate of drug-likeness (QED) is 0.0463. The molecule has 0 aliphatic heterocycles. The minimum Gasteiger partial charge on any atom is -0.624 e. The average Bonchev–Trinajstić information content (AvgIpc) is 2.82. The van der Waals surface area contributed by atoms with Crippen LogP contribution in [0.1, 0.15) is 52.7 Å². The molecule has 7 heteroatoms. The molecule has 0 saturated heterocycles. The van der Waals surface area contributed by atoms with Crippen molar-refractivity contribution in [2.75, 3.05) is 6.61 Å². The number of hydroxylamine groups is 1. The summed E-state index contributed by atoms with van der Waals surface area (Å²) in [7, 11) is -4.43. The van der Waals surface area contributed by atoms with E-state index in [2.05, 4.69) is 79.9 Å². The van der Waals surface area contributed by atoms with Crippen LogP contribution >= 0.6 is 0 Å². The van der Waals surface area contributed by atoms with E-state index in [0.717, 1.165) is 15.9 Å². The largest absolute Gasteiger partial charge is 0.624 e. The standard InChI is InChI=1S/C32H51NO4Si2/c1-31(2,3)38(7,8)36-29(22-17-23-35-26-28-20-15-12-16-21-28)30(37-39(9,10)32(4,5)6)25-33(34)24-27-18-13-11-14-19-27/h11-22,25,29-30H,23-24,26H2,1-10H3/b22-17+,33-25-/t29-,30-/m0/s1. The van der Waals surface area contributed by atoms with Crippen molar-refractivity contribution in [2.24, 2.45) is 0 Å². The molecule has 0 saturated carbocycles. The van der Waals surface area contributed by atoms with Crippen LogP contribution < -0.4 is 0 Å². The van der Waals surface area contributed by atoms with Crippen LogP contribution in [0.3, 0.4) is 0 Å². The summed E-state index contributed by atoms with van der Waals surface area (Å²) in [6.07, 6.45) is 4.79. The molecule has 0 aliphatic rings. The number of nitrogens with zero attached hydrogens (tertiary/aromatic N) is 1. The monoisotopic (exact) mass is 569 g/mol. The van der Waals surface area contributed by atoms with Crippen LogP contribution in [-0.4, -0.2) is 46.4 Å². The van der Waals surface area contributed by atoms with E-state index in [4.69, 9.17) is 13.6 Å². The average molecular weight is 570 g/mol. The molecule has 0 aliphatic carbocycles. The van der Waals surface area contributed by atoms with Crippen molar-refractivity contribution in [1.82, 2.24) is 0 Å². The molecule has 2 rings (SSSR count). The summed E-state index contributed by atoms with van der Waals surface area (Å²) in [5.41, 5.74) is 2.09. The van der Waals surface area contributed by atoms with Crippen LogP contribution in [0.5, 0.6) is 0 Å². The van der Waals surface area contributed by atoms with Crippen molar-refractivity contribution in [3.63, 3.8) is 0 Å². The van der Waals surface area contributed by atoms with Crippen LogP contribution in [0.4, 0.5) is 0 Å². The summed E-state index contributed by atoms with van der Waals surface area (Å²) >= 11 is 0. The number of rotatable bonds is 13. The summed E-state index contributed by atoms with van der Waals surface area (Å²) in [5.74, 6) is 0. The molecule has 2 aromatic carbocycles. The maximum absolute atomic E-state index is 13.3. The zero-order valence-electron chi connectivity index (χ0n) is 25.9. The van der Waals surface area contributed by atoms with Crippen LogP contribution in [0.25, 0.3) is 0 Å². The molecule has 5 nitrogen and oxygen atoms in total. The molecule has 0 spiro atoms. The van der Waals surface area contributed by atoms with Crippen molar-refractivity contribution >= 4 is 22.8 Å². The van der Waals surface area contributed by atoms with Crippen LogP contribution in [-0.2, 0) is 26.7 Å².